The molecule has 0 saturated heterocycles. The molecule has 0 aliphatic heterocycles. The maximum absolute atomic E-state index is 12.0. The number of aliphatic hydroxyl groups excluding tert-OH is 1. The largest absolute Gasteiger partial charge is 0.389 e. The molecule has 1 unspecified atom stereocenters. The Labute approximate surface area is 92.9 Å². The molecule has 16 heavy (non-hydrogen) atoms. The van der Waals surface area contributed by atoms with Gasteiger partial charge in [0.15, 0.2) is 0 Å². The first-order valence-electron chi connectivity index (χ1n) is 5.12. The molecule has 1 N–H and O–H groups in total. The van der Waals surface area contributed by atoms with Crippen LogP contribution >= 0.6 is 0 Å². The van der Waals surface area contributed by atoms with Crippen molar-refractivity contribution >= 4 is 0 Å². The zero-order valence-corrected chi connectivity index (χ0v) is 9.30. The molecule has 1 aromatic rings. The number of halogens is 3. The van der Waals surface area contributed by atoms with Crippen LogP contribution in [0.15, 0.2) is 18.2 Å². The second kappa shape index (κ2) is 4.87. The molecule has 1 nitrogen and oxygen atoms in total. The molecule has 0 saturated carbocycles. The van der Waals surface area contributed by atoms with Crippen molar-refractivity contribution in [1.82, 2.24) is 0 Å². The maximum Gasteiger partial charge on any atom is 0.389 e. The van der Waals surface area contributed by atoms with Gasteiger partial charge in [-0.25, -0.2) is 0 Å². The van der Waals surface area contributed by atoms with Gasteiger partial charge in [0.2, 0.25) is 0 Å². The van der Waals surface area contributed by atoms with E-state index in [-0.39, 0.29) is 6.42 Å². The second-order valence-corrected chi connectivity index (χ2v) is 3.96. The highest BCUT2D eigenvalue weighted by atomic mass is 19.4. The lowest BCUT2D eigenvalue weighted by Crippen LogP contribution is -2.10. The molecule has 4 heteroatoms. The molecule has 1 aromatic carbocycles. The lowest BCUT2D eigenvalue weighted by Gasteiger charge is -2.16. The van der Waals surface area contributed by atoms with Gasteiger partial charge in [0.25, 0.3) is 0 Å². The van der Waals surface area contributed by atoms with E-state index in [1.807, 2.05) is 19.9 Å². The zero-order valence-electron chi connectivity index (χ0n) is 9.30. The van der Waals surface area contributed by atoms with Gasteiger partial charge >= 0.3 is 6.18 Å². The van der Waals surface area contributed by atoms with Crippen LogP contribution in [0.2, 0.25) is 0 Å². The Morgan fingerprint density at radius 3 is 2.44 bits per heavy atom. The van der Waals surface area contributed by atoms with Gasteiger partial charge in [-0.1, -0.05) is 18.2 Å². The number of rotatable bonds is 3. The summed E-state index contributed by atoms with van der Waals surface area (Å²) in [6.45, 7) is 3.68. The molecule has 0 spiro atoms. The van der Waals surface area contributed by atoms with Gasteiger partial charge in [-0.15, -0.1) is 0 Å². The molecule has 0 heterocycles. The van der Waals surface area contributed by atoms with Gasteiger partial charge < -0.3 is 5.11 Å². The Morgan fingerprint density at radius 2 is 1.88 bits per heavy atom. The van der Waals surface area contributed by atoms with Crippen LogP contribution in [0.4, 0.5) is 13.2 Å². The van der Waals surface area contributed by atoms with Gasteiger partial charge in [-0.3, -0.25) is 0 Å². The van der Waals surface area contributed by atoms with E-state index in [9.17, 15) is 18.3 Å². The summed E-state index contributed by atoms with van der Waals surface area (Å²) in [5.74, 6) is 0. The molecule has 0 bridgehead atoms. The Hall–Kier alpha value is -1.03. The number of aliphatic hydroxyl groups is 1. The normalized spacial score (nSPS) is 13.9. The summed E-state index contributed by atoms with van der Waals surface area (Å²) < 4.78 is 36.0. The van der Waals surface area contributed by atoms with Gasteiger partial charge in [0.1, 0.15) is 0 Å². The van der Waals surface area contributed by atoms with E-state index in [0.29, 0.717) is 5.56 Å². The van der Waals surface area contributed by atoms with Crippen LogP contribution in [-0.4, -0.2) is 11.3 Å². The van der Waals surface area contributed by atoms with Crippen molar-refractivity contribution in [3.63, 3.8) is 0 Å². The third kappa shape index (κ3) is 3.52. The van der Waals surface area contributed by atoms with Crippen molar-refractivity contribution in [3.8, 4) is 0 Å². The van der Waals surface area contributed by atoms with Gasteiger partial charge in [-0.2, -0.15) is 13.2 Å². The number of hydrogen-bond acceptors (Lipinski definition) is 1. The summed E-state index contributed by atoms with van der Waals surface area (Å²) in [7, 11) is 0. The molecule has 90 valence electrons. The van der Waals surface area contributed by atoms with Crippen LogP contribution < -0.4 is 0 Å². The van der Waals surface area contributed by atoms with Crippen molar-refractivity contribution < 1.29 is 18.3 Å². The fourth-order valence-electron chi connectivity index (χ4n) is 1.59. The summed E-state index contributed by atoms with van der Waals surface area (Å²) in [6, 6.07) is 5.28. The van der Waals surface area contributed by atoms with Crippen molar-refractivity contribution in [2.75, 3.05) is 0 Å². The predicted molar refractivity (Wildman–Crippen MR) is 56.2 cm³/mol. The van der Waals surface area contributed by atoms with Crippen LogP contribution in [0.3, 0.4) is 0 Å². The summed E-state index contributed by atoms with van der Waals surface area (Å²) in [4.78, 5) is 0. The monoisotopic (exact) mass is 232 g/mol. The molecular formula is C12H15F3O. The Kier molecular flexibility index (Phi) is 3.97. The van der Waals surface area contributed by atoms with E-state index in [4.69, 9.17) is 0 Å². The second-order valence-electron chi connectivity index (χ2n) is 3.96. The molecule has 1 atom stereocenters. The lowest BCUT2D eigenvalue weighted by molar-refractivity contribution is -0.140. The van der Waals surface area contributed by atoms with Gasteiger partial charge in [-0.05, 0) is 37.0 Å². The van der Waals surface area contributed by atoms with Crippen LogP contribution in [0, 0.1) is 13.8 Å². The number of alkyl halides is 3. The smallest absolute Gasteiger partial charge is 0.388 e. The number of benzene rings is 1. The molecule has 1 rings (SSSR count). The fraction of sp³-hybridized carbons (Fsp3) is 0.500. The van der Waals surface area contributed by atoms with Crippen molar-refractivity contribution in [3.05, 3.63) is 34.9 Å². The van der Waals surface area contributed by atoms with Crippen molar-refractivity contribution in [2.45, 2.75) is 39.0 Å². The SMILES string of the molecule is Cc1cccc(C(O)CCC(F)(F)F)c1C. The van der Waals surface area contributed by atoms with Crippen LogP contribution in [0.25, 0.3) is 0 Å². The van der Waals surface area contributed by atoms with E-state index >= 15 is 0 Å². The first-order valence-corrected chi connectivity index (χ1v) is 5.12. The van der Waals surface area contributed by atoms with Crippen molar-refractivity contribution in [1.29, 1.82) is 0 Å². The summed E-state index contributed by atoms with van der Waals surface area (Å²) >= 11 is 0. The van der Waals surface area contributed by atoms with Gasteiger partial charge in [0, 0.05) is 6.42 Å². The van der Waals surface area contributed by atoms with E-state index < -0.39 is 18.7 Å². The summed E-state index contributed by atoms with van der Waals surface area (Å²) in [6.07, 6.45) is -6.49. The topological polar surface area (TPSA) is 20.2 Å². The van der Waals surface area contributed by atoms with E-state index in [0.717, 1.165) is 11.1 Å². The maximum atomic E-state index is 12.0. The predicted octanol–water partition coefficient (Wildman–Crippen LogP) is 3.68. The third-order valence-electron chi connectivity index (χ3n) is 2.71. The van der Waals surface area contributed by atoms with Crippen LogP contribution in [0.5, 0.6) is 0 Å². The standard InChI is InChI=1S/C12H15F3O/c1-8-4-3-5-10(9(8)2)11(16)6-7-12(13,14)15/h3-5,11,16H,6-7H2,1-2H3. The highest BCUT2D eigenvalue weighted by molar-refractivity contribution is 5.34. The van der Waals surface area contributed by atoms with E-state index in [1.54, 1.807) is 12.1 Å². The van der Waals surface area contributed by atoms with Gasteiger partial charge in [0.05, 0.1) is 6.10 Å². The van der Waals surface area contributed by atoms with E-state index in [2.05, 4.69) is 0 Å². The van der Waals surface area contributed by atoms with Crippen LogP contribution in [0.1, 0.15) is 35.6 Å². The highest BCUT2D eigenvalue weighted by Gasteiger charge is 2.28. The molecule has 0 fully saturated rings. The quantitative estimate of drug-likeness (QED) is 0.842. The first kappa shape index (κ1) is 13.0. The Bertz CT molecular complexity index is 358. The molecule has 0 radical (unpaired) electrons. The molecule has 0 aliphatic carbocycles. The number of aryl methyl sites for hydroxylation is 1. The minimum Gasteiger partial charge on any atom is -0.388 e. The minimum absolute atomic E-state index is 0.284. The van der Waals surface area contributed by atoms with Crippen LogP contribution in [-0.2, 0) is 0 Å². The molecule has 0 amide bonds. The average Bonchev–Trinajstić information content (AvgIpc) is 2.17. The first-order chi connectivity index (χ1) is 7.31. The third-order valence-corrected chi connectivity index (χ3v) is 2.71. The number of hydrogen-bond donors (Lipinski definition) is 1. The summed E-state index contributed by atoms with van der Waals surface area (Å²) in [5, 5.41) is 9.69. The average molecular weight is 232 g/mol. The molecule has 0 aromatic heterocycles. The van der Waals surface area contributed by atoms with Crippen molar-refractivity contribution in [2.24, 2.45) is 0 Å². The fourth-order valence-corrected chi connectivity index (χ4v) is 1.59. The Balaban J connectivity index is 2.73. The lowest BCUT2D eigenvalue weighted by atomic mass is 9.96. The molecule has 0 aliphatic rings. The minimum atomic E-state index is -4.21. The van der Waals surface area contributed by atoms with E-state index in [1.165, 1.54) is 0 Å². The zero-order chi connectivity index (χ0) is 12.3. The highest BCUT2D eigenvalue weighted by Crippen LogP contribution is 2.29. The molecular weight excluding hydrogens is 217 g/mol. The Morgan fingerprint density at radius 1 is 1.25 bits per heavy atom. The summed E-state index contributed by atoms with van der Waals surface area (Å²) in [5.41, 5.74) is 2.42.